The number of nitriles is 1. The minimum atomic E-state index is -4.29. The average Bonchev–Trinajstić information content (AvgIpc) is 3.40. The van der Waals surface area contributed by atoms with E-state index in [-0.39, 0.29) is 19.5 Å². The van der Waals surface area contributed by atoms with Crippen LogP contribution in [0.4, 0.5) is 13.2 Å². The molecular weight excluding hydrogens is 435 g/mol. The molecule has 33 heavy (non-hydrogen) atoms. The van der Waals surface area contributed by atoms with Crippen LogP contribution >= 0.6 is 0 Å². The van der Waals surface area contributed by atoms with Crippen molar-refractivity contribution in [3.05, 3.63) is 43.1 Å². The van der Waals surface area contributed by atoms with Gasteiger partial charge in [0.05, 0.1) is 36.4 Å². The molecule has 9 nitrogen and oxygen atoms in total. The number of pyridine rings is 1. The molecule has 0 aliphatic carbocycles. The van der Waals surface area contributed by atoms with Crippen LogP contribution in [0.15, 0.2) is 43.1 Å². The van der Waals surface area contributed by atoms with Crippen molar-refractivity contribution >= 4 is 11.0 Å². The Morgan fingerprint density at radius 3 is 2.67 bits per heavy atom. The summed E-state index contributed by atoms with van der Waals surface area (Å²) >= 11 is 0. The fraction of sp³-hybridized carbons (Fsp3) is 0.333. The molecule has 1 fully saturated rings. The summed E-state index contributed by atoms with van der Waals surface area (Å²) in [6.45, 7) is -0.834. The van der Waals surface area contributed by atoms with Crippen LogP contribution in [0.3, 0.4) is 0 Å². The van der Waals surface area contributed by atoms with E-state index in [0.717, 1.165) is 5.56 Å². The lowest BCUT2D eigenvalue weighted by Crippen LogP contribution is -2.64. The number of likely N-dealkylation sites (tertiary alicyclic amines) is 1. The minimum Gasteiger partial charge on any atom is -0.290 e. The first-order valence-electron chi connectivity index (χ1n) is 10.1. The summed E-state index contributed by atoms with van der Waals surface area (Å²) in [5.41, 5.74) is 2.80. The maximum Gasteiger partial charge on any atom is 0.401 e. The number of nitrogens with zero attached hydrogens (tertiary/aromatic N) is 9. The van der Waals surface area contributed by atoms with E-state index in [1.165, 1.54) is 4.90 Å². The van der Waals surface area contributed by atoms with Gasteiger partial charge in [0.2, 0.25) is 0 Å². The van der Waals surface area contributed by atoms with Crippen LogP contribution in [0, 0.1) is 11.3 Å². The summed E-state index contributed by atoms with van der Waals surface area (Å²) < 4.78 is 41.5. The quantitative estimate of drug-likeness (QED) is 0.458. The third-order valence-corrected chi connectivity index (χ3v) is 5.62. The molecule has 12 heteroatoms. The molecule has 0 amide bonds. The predicted octanol–water partition coefficient (Wildman–Crippen LogP) is 2.78. The molecule has 0 atom stereocenters. The highest BCUT2D eigenvalue weighted by Crippen LogP contribution is 2.36. The van der Waals surface area contributed by atoms with Gasteiger partial charge in [-0.15, -0.1) is 0 Å². The lowest BCUT2D eigenvalue weighted by molar-refractivity contribution is -0.167. The Labute approximate surface area is 186 Å². The van der Waals surface area contributed by atoms with Crippen molar-refractivity contribution in [3.8, 4) is 28.7 Å². The number of alkyl halides is 3. The second-order valence-corrected chi connectivity index (χ2v) is 8.15. The van der Waals surface area contributed by atoms with Crippen LogP contribution in [-0.2, 0) is 12.6 Å². The van der Waals surface area contributed by atoms with Gasteiger partial charge >= 0.3 is 6.18 Å². The highest BCUT2D eigenvalue weighted by atomic mass is 19.4. The number of fused-ring (bicyclic) bond motifs is 1. The Kier molecular flexibility index (Phi) is 4.86. The van der Waals surface area contributed by atoms with Gasteiger partial charge in [0.1, 0.15) is 22.4 Å². The topological polar surface area (TPSA) is 101 Å². The van der Waals surface area contributed by atoms with E-state index in [1.807, 2.05) is 19.3 Å². The van der Waals surface area contributed by atoms with Crippen LogP contribution in [0.25, 0.3) is 33.7 Å². The zero-order chi connectivity index (χ0) is 23.2. The van der Waals surface area contributed by atoms with Crippen LogP contribution < -0.4 is 0 Å². The van der Waals surface area contributed by atoms with Gasteiger partial charge < -0.3 is 0 Å². The third kappa shape index (κ3) is 3.91. The van der Waals surface area contributed by atoms with Gasteiger partial charge in [0.15, 0.2) is 0 Å². The number of hydrogen-bond acceptors (Lipinski definition) is 7. The van der Waals surface area contributed by atoms with E-state index >= 15 is 0 Å². The summed E-state index contributed by atoms with van der Waals surface area (Å²) in [4.78, 5) is 14.8. The third-order valence-electron chi connectivity index (χ3n) is 5.62. The predicted molar refractivity (Wildman–Crippen MR) is 111 cm³/mol. The van der Waals surface area contributed by atoms with E-state index in [4.69, 9.17) is 4.98 Å². The Morgan fingerprint density at radius 1 is 1.18 bits per heavy atom. The molecule has 5 heterocycles. The monoisotopic (exact) mass is 453 g/mol. The Balaban J connectivity index is 1.53. The van der Waals surface area contributed by atoms with Crippen molar-refractivity contribution in [1.82, 2.24) is 39.4 Å². The molecule has 0 bridgehead atoms. The zero-order valence-electron chi connectivity index (χ0n) is 17.5. The molecule has 5 rings (SSSR count). The summed E-state index contributed by atoms with van der Waals surface area (Å²) in [5, 5.41) is 18.1. The van der Waals surface area contributed by atoms with Crippen molar-refractivity contribution in [2.24, 2.45) is 7.05 Å². The fourth-order valence-electron chi connectivity index (χ4n) is 4.20. The molecule has 0 spiro atoms. The minimum absolute atomic E-state index is 0.0478. The molecule has 4 aromatic heterocycles. The molecule has 168 valence electrons. The number of hydrogen-bond donors (Lipinski definition) is 0. The normalized spacial score (nSPS) is 16.0. The van der Waals surface area contributed by atoms with E-state index in [1.54, 1.807) is 40.2 Å². The van der Waals surface area contributed by atoms with Gasteiger partial charge in [-0.05, 0) is 12.1 Å². The summed E-state index contributed by atoms with van der Waals surface area (Å²) in [7, 11) is 1.81. The van der Waals surface area contributed by atoms with Crippen LogP contribution in [0.1, 0.15) is 6.42 Å². The first-order chi connectivity index (χ1) is 15.8. The number of aryl methyl sites for hydroxylation is 1. The lowest BCUT2D eigenvalue weighted by Gasteiger charge is -2.49. The largest absolute Gasteiger partial charge is 0.401 e. The van der Waals surface area contributed by atoms with E-state index in [0.29, 0.717) is 28.1 Å². The molecule has 1 saturated heterocycles. The van der Waals surface area contributed by atoms with Crippen molar-refractivity contribution in [3.63, 3.8) is 0 Å². The molecular formula is C21H18F3N9. The van der Waals surface area contributed by atoms with E-state index in [2.05, 4.69) is 26.2 Å². The zero-order valence-corrected chi connectivity index (χ0v) is 17.5. The fourth-order valence-corrected chi connectivity index (χ4v) is 4.20. The smallest absolute Gasteiger partial charge is 0.290 e. The van der Waals surface area contributed by atoms with Crippen molar-refractivity contribution < 1.29 is 13.2 Å². The van der Waals surface area contributed by atoms with Gasteiger partial charge in [0.25, 0.3) is 0 Å². The molecule has 1 aliphatic rings. The number of aromatic nitrogens is 7. The van der Waals surface area contributed by atoms with Crippen LogP contribution in [-0.4, -0.2) is 65.2 Å². The molecule has 0 aromatic carbocycles. The van der Waals surface area contributed by atoms with Gasteiger partial charge in [0, 0.05) is 50.5 Å². The van der Waals surface area contributed by atoms with Crippen LogP contribution in [0.5, 0.6) is 0 Å². The standard InChI is InChI=1S/C21H18F3N9/c1-31-10-14(9-28-31)16-8-17-18(27-6-5-26-17)19(29-16)15-2-7-33(30-15)20(3-4-25)11-32(12-20)13-21(22,23)24/h2,5-10H,3,11-13H2,1H3. The van der Waals surface area contributed by atoms with Crippen molar-refractivity contribution in [1.29, 1.82) is 5.26 Å². The second-order valence-electron chi connectivity index (χ2n) is 8.15. The number of rotatable bonds is 5. The second kappa shape index (κ2) is 7.63. The van der Waals surface area contributed by atoms with Gasteiger partial charge in [-0.1, -0.05) is 0 Å². The summed E-state index contributed by atoms with van der Waals surface area (Å²) in [6.07, 6.45) is 4.11. The lowest BCUT2D eigenvalue weighted by atomic mass is 9.87. The molecule has 1 aliphatic heterocycles. The Hall–Kier alpha value is -3.85. The SMILES string of the molecule is Cn1cc(-c2cc3nccnc3c(-c3ccn(C4(CC#N)CN(CC(F)(F)F)C4)n3)n2)cn1. The molecule has 0 radical (unpaired) electrons. The highest BCUT2D eigenvalue weighted by molar-refractivity contribution is 5.90. The van der Waals surface area contributed by atoms with Crippen LogP contribution in [0.2, 0.25) is 0 Å². The maximum atomic E-state index is 12.8. The highest BCUT2D eigenvalue weighted by Gasteiger charge is 2.48. The van der Waals surface area contributed by atoms with Gasteiger partial charge in [-0.2, -0.15) is 28.6 Å². The van der Waals surface area contributed by atoms with E-state index < -0.39 is 18.3 Å². The van der Waals surface area contributed by atoms with Gasteiger partial charge in [-0.25, -0.2) is 4.98 Å². The Morgan fingerprint density at radius 2 is 1.97 bits per heavy atom. The molecule has 4 aromatic rings. The molecule has 0 unspecified atom stereocenters. The van der Waals surface area contributed by atoms with Crippen molar-refractivity contribution in [2.45, 2.75) is 18.1 Å². The van der Waals surface area contributed by atoms with Crippen molar-refractivity contribution in [2.75, 3.05) is 19.6 Å². The first-order valence-corrected chi connectivity index (χ1v) is 10.1. The molecule has 0 N–H and O–H groups in total. The summed E-state index contributed by atoms with van der Waals surface area (Å²) in [6, 6.07) is 5.64. The van der Waals surface area contributed by atoms with E-state index in [9.17, 15) is 18.4 Å². The number of halogens is 3. The first kappa shape index (κ1) is 21.0. The Bertz CT molecular complexity index is 1360. The summed E-state index contributed by atoms with van der Waals surface area (Å²) in [5.74, 6) is 0. The molecule has 0 saturated carbocycles. The maximum absolute atomic E-state index is 12.8. The average molecular weight is 453 g/mol. The van der Waals surface area contributed by atoms with Gasteiger partial charge in [-0.3, -0.25) is 24.2 Å².